The number of hydrogen-bond donors (Lipinski definition) is 0. The summed E-state index contributed by atoms with van der Waals surface area (Å²) in [6.07, 6.45) is 1.40. The maximum Gasteiger partial charge on any atom is 0.417 e. The molecule has 0 aliphatic carbocycles. The minimum Gasteiger partial charge on any atom is -0.335 e. The van der Waals surface area contributed by atoms with Crippen molar-refractivity contribution in [1.29, 1.82) is 0 Å². The molecule has 33 heavy (non-hydrogen) atoms. The molecule has 0 saturated carbocycles. The fourth-order valence-corrected chi connectivity index (χ4v) is 5.19. The predicted octanol–water partition coefficient (Wildman–Crippen LogP) is 6.41. The Hall–Kier alpha value is -2.74. The van der Waals surface area contributed by atoms with E-state index >= 15 is 0 Å². The second-order valence-electron chi connectivity index (χ2n) is 8.67. The van der Waals surface area contributed by atoms with Crippen LogP contribution in [0.1, 0.15) is 53.4 Å². The fourth-order valence-electron chi connectivity index (χ4n) is 4.53. The zero-order valence-electron chi connectivity index (χ0n) is 18.6. The summed E-state index contributed by atoms with van der Waals surface area (Å²) < 4.78 is 38.5. The van der Waals surface area contributed by atoms with Crippen LogP contribution in [0.4, 0.5) is 13.2 Å². The van der Waals surface area contributed by atoms with E-state index in [0.29, 0.717) is 36.6 Å². The van der Waals surface area contributed by atoms with E-state index in [4.69, 9.17) is 0 Å². The fraction of sp³-hybridized carbons (Fsp3) is 0.400. The van der Waals surface area contributed by atoms with Gasteiger partial charge in [0.05, 0.1) is 16.0 Å². The number of piperidine rings is 1. The van der Waals surface area contributed by atoms with E-state index in [-0.39, 0.29) is 11.9 Å². The monoisotopic (exact) mass is 473 g/mol. The van der Waals surface area contributed by atoms with Crippen molar-refractivity contribution in [3.63, 3.8) is 0 Å². The van der Waals surface area contributed by atoms with Gasteiger partial charge in [-0.15, -0.1) is 11.3 Å². The van der Waals surface area contributed by atoms with Gasteiger partial charge in [0.25, 0.3) is 5.91 Å². The summed E-state index contributed by atoms with van der Waals surface area (Å²) in [6, 6.07) is 8.42. The molecule has 4 rings (SSSR count). The maximum absolute atomic E-state index is 13.8. The summed E-state index contributed by atoms with van der Waals surface area (Å²) >= 11 is 1.50. The minimum atomic E-state index is -4.39. The van der Waals surface area contributed by atoms with E-state index in [1.165, 1.54) is 17.4 Å². The van der Waals surface area contributed by atoms with Gasteiger partial charge in [-0.25, -0.2) is 0 Å². The molecule has 0 bridgehead atoms. The van der Waals surface area contributed by atoms with Crippen molar-refractivity contribution in [3.8, 4) is 10.4 Å². The lowest BCUT2D eigenvalue weighted by atomic mass is 9.86. The highest BCUT2D eigenvalue weighted by Gasteiger charge is 2.34. The molecule has 2 atom stereocenters. The number of benzene rings is 1. The molecule has 3 heterocycles. The maximum atomic E-state index is 13.8. The lowest BCUT2D eigenvalue weighted by Crippen LogP contribution is -2.48. The standard InChI is InChI=1S/C25H26F3N3OS/c1-16-5-9-20(23-14-29-15-33-23)21(12-16)24(32)31-11-3-4-17(2)22(31)10-8-19-7-6-18(13-30-19)25(26,27)28/h5-7,9,12-15,17,22H,3-4,8,10-11H2,1-2H3/t17-,22-/m1/s1. The number of rotatable bonds is 5. The Bertz CT molecular complexity index is 1100. The average molecular weight is 474 g/mol. The van der Waals surface area contributed by atoms with Crippen LogP contribution in [0.2, 0.25) is 0 Å². The van der Waals surface area contributed by atoms with Crippen LogP contribution < -0.4 is 0 Å². The minimum absolute atomic E-state index is 0.000900. The van der Waals surface area contributed by atoms with Crippen LogP contribution >= 0.6 is 11.3 Å². The van der Waals surface area contributed by atoms with Gasteiger partial charge < -0.3 is 4.90 Å². The van der Waals surface area contributed by atoms with Crippen LogP contribution in [0, 0.1) is 12.8 Å². The van der Waals surface area contributed by atoms with Crippen LogP contribution in [-0.2, 0) is 12.6 Å². The average Bonchev–Trinajstić information content (AvgIpc) is 3.32. The normalized spacial score (nSPS) is 19.0. The van der Waals surface area contributed by atoms with Gasteiger partial charge in [-0.3, -0.25) is 14.8 Å². The summed E-state index contributed by atoms with van der Waals surface area (Å²) in [5, 5.41) is 0. The highest BCUT2D eigenvalue weighted by molar-refractivity contribution is 7.13. The molecular weight excluding hydrogens is 447 g/mol. The van der Waals surface area contributed by atoms with Crippen molar-refractivity contribution in [2.45, 2.75) is 51.7 Å². The second-order valence-corrected chi connectivity index (χ2v) is 9.56. The quantitative estimate of drug-likeness (QED) is 0.430. The van der Waals surface area contributed by atoms with Gasteiger partial charge in [0.1, 0.15) is 0 Å². The smallest absolute Gasteiger partial charge is 0.335 e. The highest BCUT2D eigenvalue weighted by atomic mass is 32.1. The topological polar surface area (TPSA) is 46.1 Å². The number of nitrogens with zero attached hydrogens (tertiary/aromatic N) is 3. The van der Waals surface area contributed by atoms with Crippen LogP contribution in [0.15, 0.2) is 48.2 Å². The predicted molar refractivity (Wildman–Crippen MR) is 123 cm³/mol. The van der Waals surface area contributed by atoms with Gasteiger partial charge in [0.15, 0.2) is 0 Å². The summed E-state index contributed by atoms with van der Waals surface area (Å²) in [6.45, 7) is 4.79. The Balaban J connectivity index is 1.55. The van der Waals surface area contributed by atoms with Crippen molar-refractivity contribution in [2.24, 2.45) is 5.92 Å². The Labute approximate surface area is 195 Å². The third-order valence-corrected chi connectivity index (χ3v) is 7.13. The molecule has 3 aromatic rings. The SMILES string of the molecule is Cc1ccc(-c2cncs2)c(C(=O)N2CCC[C@@H](C)[C@H]2CCc2ccc(C(F)(F)F)cn2)c1. The van der Waals surface area contributed by atoms with E-state index in [1.54, 1.807) is 11.7 Å². The number of likely N-dealkylation sites (tertiary alicyclic amines) is 1. The van der Waals surface area contributed by atoms with Crippen molar-refractivity contribution in [2.75, 3.05) is 6.54 Å². The Morgan fingerprint density at radius 1 is 1.21 bits per heavy atom. The second kappa shape index (κ2) is 9.63. The van der Waals surface area contributed by atoms with Crippen molar-refractivity contribution in [1.82, 2.24) is 14.9 Å². The molecule has 1 saturated heterocycles. The number of hydrogen-bond acceptors (Lipinski definition) is 4. The van der Waals surface area contributed by atoms with E-state index < -0.39 is 11.7 Å². The molecule has 0 radical (unpaired) electrons. The first-order chi connectivity index (χ1) is 15.7. The molecule has 1 aliphatic rings. The van der Waals surface area contributed by atoms with Crippen molar-refractivity contribution < 1.29 is 18.0 Å². The highest BCUT2D eigenvalue weighted by Crippen LogP contribution is 2.33. The van der Waals surface area contributed by atoms with Crippen molar-refractivity contribution in [3.05, 3.63) is 70.6 Å². The zero-order valence-corrected chi connectivity index (χ0v) is 19.4. The molecule has 8 heteroatoms. The van der Waals surface area contributed by atoms with Gasteiger partial charge in [-0.2, -0.15) is 13.2 Å². The summed E-state index contributed by atoms with van der Waals surface area (Å²) in [7, 11) is 0. The first-order valence-corrected chi connectivity index (χ1v) is 11.9. The molecule has 2 aromatic heterocycles. The van der Waals surface area contributed by atoms with Crippen LogP contribution in [0.25, 0.3) is 10.4 Å². The summed E-state index contributed by atoms with van der Waals surface area (Å²) in [4.78, 5) is 24.8. The molecule has 4 nitrogen and oxygen atoms in total. The molecular formula is C25H26F3N3OS. The third kappa shape index (κ3) is 5.27. The van der Waals surface area contributed by atoms with Crippen LogP contribution in [0.3, 0.4) is 0 Å². The number of aryl methyl sites for hydroxylation is 2. The number of alkyl halides is 3. The largest absolute Gasteiger partial charge is 0.417 e. The lowest BCUT2D eigenvalue weighted by Gasteiger charge is -2.40. The molecule has 0 spiro atoms. The Kier molecular flexibility index (Phi) is 6.83. The van der Waals surface area contributed by atoms with Gasteiger partial charge in [-0.05, 0) is 56.7 Å². The van der Waals surface area contributed by atoms with Crippen molar-refractivity contribution >= 4 is 17.2 Å². The van der Waals surface area contributed by atoms with E-state index in [2.05, 4.69) is 16.9 Å². The zero-order chi connectivity index (χ0) is 23.6. The molecule has 0 N–H and O–H groups in total. The van der Waals surface area contributed by atoms with Gasteiger partial charge >= 0.3 is 6.18 Å². The van der Waals surface area contributed by atoms with Gasteiger partial charge in [0, 0.05) is 41.8 Å². The van der Waals surface area contributed by atoms with E-state index in [9.17, 15) is 18.0 Å². The van der Waals surface area contributed by atoms with Gasteiger partial charge in [0.2, 0.25) is 0 Å². The number of thiazole rings is 1. The third-order valence-electron chi connectivity index (χ3n) is 6.33. The van der Waals surface area contributed by atoms with E-state index in [1.807, 2.05) is 30.0 Å². The number of pyridine rings is 1. The molecule has 1 aliphatic heterocycles. The first-order valence-electron chi connectivity index (χ1n) is 11.1. The van der Waals surface area contributed by atoms with Crippen LogP contribution in [0.5, 0.6) is 0 Å². The molecule has 1 fully saturated rings. The molecule has 0 unspecified atom stereocenters. The van der Waals surface area contributed by atoms with Gasteiger partial charge in [-0.1, -0.05) is 24.6 Å². The first kappa shape index (κ1) is 23.4. The number of aromatic nitrogens is 2. The number of halogens is 3. The Morgan fingerprint density at radius 2 is 2.03 bits per heavy atom. The molecule has 174 valence electrons. The summed E-state index contributed by atoms with van der Waals surface area (Å²) in [5.74, 6) is 0.299. The summed E-state index contributed by atoms with van der Waals surface area (Å²) in [5.41, 5.74) is 4.19. The Morgan fingerprint density at radius 3 is 2.70 bits per heavy atom. The lowest BCUT2D eigenvalue weighted by molar-refractivity contribution is -0.137. The van der Waals surface area contributed by atoms with E-state index in [0.717, 1.165) is 41.1 Å². The number of amides is 1. The molecule has 1 amide bonds. The number of carbonyl (C=O) groups is 1. The number of carbonyl (C=O) groups excluding carboxylic acids is 1. The van der Waals surface area contributed by atoms with Crippen LogP contribution in [-0.4, -0.2) is 33.4 Å². The molecule has 1 aromatic carbocycles.